The van der Waals surface area contributed by atoms with Gasteiger partial charge in [0, 0.05) is 0 Å². The second-order valence-corrected chi connectivity index (χ2v) is 15.4. The van der Waals surface area contributed by atoms with E-state index in [-0.39, 0.29) is 58.9 Å². The maximum atomic E-state index is 2.57. The zero-order valence-corrected chi connectivity index (χ0v) is 32.2. The smallest absolute Gasteiger partial charge is 1.00 e. The van der Waals surface area contributed by atoms with Crippen LogP contribution in [0.5, 0.6) is 0 Å². The van der Waals surface area contributed by atoms with Crippen LogP contribution >= 0.6 is 0 Å². The average molecular weight is 688 g/mol. The van der Waals surface area contributed by atoms with Crippen LogP contribution in [0.4, 0.5) is 0 Å². The third-order valence-electron chi connectivity index (χ3n) is 8.78. The first-order chi connectivity index (χ1) is 18.8. The van der Waals surface area contributed by atoms with Gasteiger partial charge in [0.1, 0.15) is 8.07 Å². The van der Waals surface area contributed by atoms with E-state index < -0.39 is 8.07 Å². The molecule has 0 N–H and O–H groups in total. The van der Waals surface area contributed by atoms with Gasteiger partial charge in [0.2, 0.25) is 0 Å². The van der Waals surface area contributed by atoms with E-state index in [0.717, 1.165) is 38.5 Å². The molecule has 0 aliphatic carbocycles. The normalized spacial score (nSPS) is 10.8. The van der Waals surface area contributed by atoms with Crippen molar-refractivity contribution in [3.8, 4) is 0 Å². The summed E-state index contributed by atoms with van der Waals surface area (Å²) in [7, 11) is -2.61. The monoisotopic (exact) mass is 686 g/mol. The van der Waals surface area contributed by atoms with Crippen molar-refractivity contribution in [3.05, 3.63) is 112 Å². The van der Waals surface area contributed by atoms with E-state index in [1.807, 2.05) is 0 Å². The molecule has 0 aliphatic heterocycles. The molecule has 0 amide bonds. The van der Waals surface area contributed by atoms with Crippen LogP contribution in [0.15, 0.2) is 72.8 Å². The summed E-state index contributed by atoms with van der Waals surface area (Å²) < 4.78 is 0. The van der Waals surface area contributed by atoms with Crippen LogP contribution in [0.2, 0.25) is 0 Å². The van der Waals surface area contributed by atoms with Crippen molar-refractivity contribution in [2.45, 2.75) is 99.8 Å². The third-order valence-corrected chi connectivity index (χ3v) is 13.4. The Labute approximate surface area is 297 Å². The van der Waals surface area contributed by atoms with Crippen LogP contribution < -0.4 is 58.0 Å². The molecule has 0 atom stereocenters. The fraction of sp³-hybridized carbons (Fsp3) is 0.395. The molecule has 4 aromatic rings. The van der Waals surface area contributed by atoms with Crippen molar-refractivity contribution < 1.29 is 58.9 Å². The molecular formula is C38H49Cl3SiTi. The molecule has 4 aromatic carbocycles. The molecule has 0 spiro atoms. The van der Waals surface area contributed by atoms with Crippen LogP contribution in [0, 0.1) is 0 Å². The second-order valence-electron chi connectivity index (χ2n) is 11.6. The molecule has 43 heavy (non-hydrogen) atoms. The molecule has 0 bridgehead atoms. The number of rotatable bonds is 11. The van der Waals surface area contributed by atoms with Crippen LogP contribution in [-0.2, 0) is 60.2 Å². The van der Waals surface area contributed by atoms with Gasteiger partial charge in [0.25, 0.3) is 0 Å². The number of hydrogen-bond acceptors (Lipinski definition) is 0. The van der Waals surface area contributed by atoms with Gasteiger partial charge >= 0.3 is 21.7 Å². The first kappa shape index (κ1) is 41.8. The van der Waals surface area contributed by atoms with Crippen LogP contribution in [0.1, 0.15) is 100 Å². The zero-order valence-electron chi connectivity index (χ0n) is 27.4. The number of hydrogen-bond donors (Lipinski definition) is 0. The molecule has 0 nitrogen and oxygen atoms in total. The summed E-state index contributed by atoms with van der Waals surface area (Å²) in [6, 6.07) is 30.2. The topological polar surface area (TPSA) is 0 Å². The summed E-state index contributed by atoms with van der Waals surface area (Å²) in [5.41, 5.74) is 10.2. The number of halogens is 3. The Hall–Kier alpha value is -1.19. The Balaban J connectivity index is 0.00000441. The quantitative estimate of drug-likeness (QED) is 0.100. The van der Waals surface area contributed by atoms with Crippen molar-refractivity contribution in [2.75, 3.05) is 0 Å². The van der Waals surface area contributed by atoms with Crippen LogP contribution in [-0.4, -0.2) is 8.07 Å². The van der Waals surface area contributed by atoms with Crippen LogP contribution in [0.3, 0.4) is 0 Å². The van der Waals surface area contributed by atoms with Gasteiger partial charge in [-0.25, -0.2) is 6.07 Å². The minimum absolute atomic E-state index is 0. The van der Waals surface area contributed by atoms with Crippen molar-refractivity contribution in [1.82, 2.24) is 0 Å². The Morgan fingerprint density at radius 2 is 0.791 bits per heavy atom. The fourth-order valence-corrected chi connectivity index (χ4v) is 11.3. The summed E-state index contributed by atoms with van der Waals surface area (Å²) in [6.45, 7) is 18.5. The van der Waals surface area contributed by atoms with Crippen LogP contribution in [0.25, 0.3) is 0 Å². The molecule has 4 rings (SSSR count). The predicted molar refractivity (Wildman–Crippen MR) is 176 cm³/mol. The molecule has 0 aliphatic rings. The molecule has 0 radical (unpaired) electrons. The molecule has 0 heterocycles. The predicted octanol–water partition coefficient (Wildman–Crippen LogP) is -1.71. The number of aryl methyl sites for hydroxylation is 6. The van der Waals surface area contributed by atoms with Gasteiger partial charge in [-0.2, -0.15) is 17.7 Å². The molecule has 5 heteroatoms. The van der Waals surface area contributed by atoms with E-state index in [9.17, 15) is 0 Å². The standard InChI is InChI=1S/C38H49Si.3ClH.Ti/c1-9-28-17-29(10-2)21-36(20-28)39(35-16-15-34(26-35)27(7)8,37-22-30(11-3)18-31(12-4)23-37)38-24-32(13-5)19-33(14-6)25-38;;;;/h15-27H,9-14H2,1-8H3;3*1H;/q-1;;;;+4/p-3. The maximum Gasteiger partial charge on any atom is 4.00 e. The van der Waals surface area contributed by atoms with Gasteiger partial charge in [-0.15, -0.1) is 5.19 Å². The first-order valence-corrected chi connectivity index (χ1v) is 17.5. The van der Waals surface area contributed by atoms with E-state index in [2.05, 4.69) is 128 Å². The third kappa shape index (κ3) is 8.75. The second kappa shape index (κ2) is 18.7. The van der Waals surface area contributed by atoms with Gasteiger partial charge in [-0.05, 0) is 71.9 Å². The molecule has 0 fully saturated rings. The summed E-state index contributed by atoms with van der Waals surface area (Å²) >= 11 is 0. The molecule has 0 unspecified atom stereocenters. The van der Waals surface area contributed by atoms with Gasteiger partial charge in [0.05, 0.1) is 0 Å². The minimum atomic E-state index is -2.61. The van der Waals surface area contributed by atoms with E-state index >= 15 is 0 Å². The van der Waals surface area contributed by atoms with Crippen molar-refractivity contribution >= 4 is 28.8 Å². The zero-order chi connectivity index (χ0) is 28.2. The first-order valence-electron chi connectivity index (χ1n) is 15.5. The average Bonchev–Trinajstić information content (AvgIpc) is 3.47. The van der Waals surface area contributed by atoms with E-state index in [1.165, 1.54) is 44.1 Å². The maximum absolute atomic E-state index is 2.61. The van der Waals surface area contributed by atoms with E-state index in [0.29, 0.717) is 5.92 Å². The van der Waals surface area contributed by atoms with Crippen molar-refractivity contribution in [1.29, 1.82) is 0 Å². The van der Waals surface area contributed by atoms with E-state index in [4.69, 9.17) is 0 Å². The Morgan fingerprint density at radius 3 is 1.00 bits per heavy atom. The van der Waals surface area contributed by atoms with Gasteiger partial charge in [-0.3, -0.25) is 0 Å². The summed E-state index contributed by atoms with van der Waals surface area (Å²) in [6.07, 6.45) is 6.38. The minimum Gasteiger partial charge on any atom is -1.00 e. The van der Waals surface area contributed by atoms with E-state index in [1.54, 1.807) is 15.6 Å². The Morgan fingerprint density at radius 1 is 0.512 bits per heavy atom. The van der Waals surface area contributed by atoms with Crippen molar-refractivity contribution in [3.63, 3.8) is 0 Å². The van der Waals surface area contributed by atoms with Gasteiger partial charge in [-0.1, -0.05) is 131 Å². The Kier molecular flexibility index (Phi) is 18.2. The SMILES string of the molecule is CCc1cc(CC)cc([Si](c2cc(CC)cc(CC)c2)(c2cc(CC)cc(CC)c2)[c-]2ccc(C(C)C)c2)c1.[Cl-].[Cl-].[Cl-].[Ti+4]. The molecule has 230 valence electrons. The molecular weight excluding hydrogens is 639 g/mol. The van der Waals surface area contributed by atoms with Gasteiger partial charge in [0.15, 0.2) is 0 Å². The molecule has 0 saturated heterocycles. The largest absolute Gasteiger partial charge is 4.00 e. The Bertz CT molecular complexity index is 1220. The molecule has 0 aromatic heterocycles. The summed E-state index contributed by atoms with van der Waals surface area (Å²) in [5.74, 6) is 0.514. The summed E-state index contributed by atoms with van der Waals surface area (Å²) in [4.78, 5) is 0. The van der Waals surface area contributed by atoms with Crippen molar-refractivity contribution in [2.24, 2.45) is 0 Å². The van der Waals surface area contributed by atoms with Gasteiger partial charge < -0.3 is 37.2 Å². The molecule has 0 saturated carbocycles. The number of benzene rings is 3. The summed E-state index contributed by atoms with van der Waals surface area (Å²) in [5, 5.41) is 6.17. The fourth-order valence-electron chi connectivity index (χ4n) is 6.22.